The zero-order valence-electron chi connectivity index (χ0n) is 18.8. The van der Waals surface area contributed by atoms with Gasteiger partial charge in [0.1, 0.15) is 17.1 Å². The number of hydrogen-bond acceptors (Lipinski definition) is 6. The number of hydrogen-bond donors (Lipinski definition) is 0. The summed E-state index contributed by atoms with van der Waals surface area (Å²) < 4.78 is 41.1. The van der Waals surface area contributed by atoms with E-state index in [9.17, 15) is 18.0 Å². The number of rotatable bonds is 5. The second kappa shape index (κ2) is 8.13. The van der Waals surface area contributed by atoms with Crippen molar-refractivity contribution in [3.8, 4) is 0 Å². The molecule has 4 heterocycles. The van der Waals surface area contributed by atoms with Crippen LogP contribution in [0, 0.1) is 0 Å². The van der Waals surface area contributed by atoms with Crippen molar-refractivity contribution >= 4 is 17.4 Å². The molecule has 0 spiro atoms. The lowest BCUT2D eigenvalue weighted by molar-refractivity contribution is -0.138. The van der Waals surface area contributed by atoms with Crippen molar-refractivity contribution in [1.29, 1.82) is 0 Å². The Labute approximate surface area is 189 Å². The van der Waals surface area contributed by atoms with Gasteiger partial charge in [0.15, 0.2) is 5.82 Å². The zero-order valence-corrected chi connectivity index (χ0v) is 18.8. The lowest BCUT2D eigenvalue weighted by Crippen LogP contribution is -2.58. The fourth-order valence-electron chi connectivity index (χ4n) is 3.82. The zero-order chi connectivity index (χ0) is 24.0. The van der Waals surface area contributed by atoms with Crippen molar-refractivity contribution in [2.24, 2.45) is 0 Å². The highest BCUT2D eigenvalue weighted by atomic mass is 19.4. The molecule has 1 amide bonds. The number of fused-ring (bicyclic) bond motifs is 1. The summed E-state index contributed by atoms with van der Waals surface area (Å²) in [4.78, 5) is 28.9. The second-order valence-corrected chi connectivity index (χ2v) is 8.55. The molecule has 1 aliphatic heterocycles. The van der Waals surface area contributed by atoms with Gasteiger partial charge < -0.3 is 9.80 Å². The van der Waals surface area contributed by atoms with Gasteiger partial charge in [0, 0.05) is 44.7 Å². The average Bonchev–Trinajstić information content (AvgIpc) is 3.22. The van der Waals surface area contributed by atoms with Gasteiger partial charge in [-0.3, -0.25) is 14.5 Å². The van der Waals surface area contributed by atoms with Gasteiger partial charge in [-0.25, -0.2) is 9.97 Å². The van der Waals surface area contributed by atoms with Crippen LogP contribution in [0.3, 0.4) is 0 Å². The third-order valence-electron chi connectivity index (χ3n) is 6.01. The number of amides is 1. The first-order chi connectivity index (χ1) is 15.5. The van der Waals surface area contributed by atoms with Gasteiger partial charge in [-0.15, -0.1) is 0 Å². The number of nitrogens with zero attached hydrogens (tertiary/aromatic N) is 7. The van der Waals surface area contributed by atoms with Crippen LogP contribution >= 0.6 is 0 Å². The topological polar surface area (TPSA) is 80.0 Å². The van der Waals surface area contributed by atoms with E-state index in [0.717, 1.165) is 17.8 Å². The quantitative estimate of drug-likeness (QED) is 0.583. The highest BCUT2D eigenvalue weighted by molar-refractivity contribution is 6.06. The van der Waals surface area contributed by atoms with Gasteiger partial charge >= 0.3 is 6.18 Å². The number of carbonyl (C=O) groups excluding carboxylic acids is 1. The maximum atomic E-state index is 13.2. The molecule has 174 valence electrons. The van der Waals surface area contributed by atoms with Gasteiger partial charge in [-0.05, 0) is 31.9 Å². The Bertz CT molecular complexity index is 1190. The molecule has 0 saturated carbocycles. The number of carbonyl (C=O) groups is 1. The van der Waals surface area contributed by atoms with Gasteiger partial charge in [0.05, 0.1) is 24.5 Å². The molecule has 11 heteroatoms. The van der Waals surface area contributed by atoms with Gasteiger partial charge in [-0.2, -0.15) is 18.3 Å². The standard InChI is InChI=1S/C22H24F3N7O/c1-21(2)20(33)30(3)17-11-27-18(29-19(17)31(21)4)6-5-14-9-28-32(12-14)13-15-10-26-8-7-16(15)22(23,24)25/h7-12H,5-6,13H2,1-4H3. The summed E-state index contributed by atoms with van der Waals surface area (Å²) in [7, 11) is 3.54. The van der Waals surface area contributed by atoms with Crippen LogP contribution in [0.5, 0.6) is 0 Å². The molecule has 0 saturated heterocycles. The maximum Gasteiger partial charge on any atom is 0.416 e. The number of alkyl halides is 3. The SMILES string of the molecule is CN1C(=O)C(C)(C)N(C)c2nc(CCc3cnn(Cc4cnccc4C(F)(F)F)c3)ncc21. The molecular weight excluding hydrogens is 435 g/mol. The van der Waals surface area contributed by atoms with E-state index in [2.05, 4.69) is 20.1 Å². The number of aryl methyl sites for hydroxylation is 2. The van der Waals surface area contributed by atoms with E-state index >= 15 is 0 Å². The Morgan fingerprint density at radius 2 is 1.85 bits per heavy atom. The normalized spacial score (nSPS) is 15.7. The maximum absolute atomic E-state index is 13.2. The highest BCUT2D eigenvalue weighted by Crippen LogP contribution is 2.36. The second-order valence-electron chi connectivity index (χ2n) is 8.55. The van der Waals surface area contributed by atoms with Crippen LogP contribution in [0.25, 0.3) is 0 Å². The monoisotopic (exact) mass is 459 g/mol. The fraction of sp³-hybridized carbons (Fsp3) is 0.409. The number of aromatic nitrogens is 5. The number of anilines is 2. The molecule has 0 radical (unpaired) electrons. The molecule has 3 aromatic heterocycles. The van der Waals surface area contributed by atoms with E-state index in [1.807, 2.05) is 25.8 Å². The Hall–Kier alpha value is -3.50. The Balaban J connectivity index is 1.47. The summed E-state index contributed by atoms with van der Waals surface area (Å²) >= 11 is 0. The first kappa shape index (κ1) is 22.7. The molecule has 0 unspecified atom stereocenters. The summed E-state index contributed by atoms with van der Waals surface area (Å²) in [6.07, 6.45) is 3.98. The van der Waals surface area contributed by atoms with Crippen LogP contribution in [-0.4, -0.2) is 50.3 Å². The Morgan fingerprint density at radius 1 is 1.09 bits per heavy atom. The van der Waals surface area contributed by atoms with E-state index in [4.69, 9.17) is 0 Å². The number of pyridine rings is 1. The van der Waals surface area contributed by atoms with E-state index in [-0.39, 0.29) is 18.0 Å². The minimum absolute atomic E-state index is 0.0295. The summed E-state index contributed by atoms with van der Waals surface area (Å²) in [6.45, 7) is 3.66. The van der Waals surface area contributed by atoms with E-state index < -0.39 is 17.3 Å². The van der Waals surface area contributed by atoms with Crippen LogP contribution in [0.4, 0.5) is 24.7 Å². The summed E-state index contributed by atoms with van der Waals surface area (Å²) in [5, 5.41) is 4.19. The van der Waals surface area contributed by atoms with Gasteiger partial charge in [-0.1, -0.05) is 0 Å². The predicted octanol–water partition coefficient (Wildman–Crippen LogP) is 3.11. The lowest BCUT2D eigenvalue weighted by atomic mass is 9.98. The van der Waals surface area contributed by atoms with Crippen LogP contribution < -0.4 is 9.80 Å². The molecule has 0 aromatic carbocycles. The first-order valence-electron chi connectivity index (χ1n) is 10.4. The van der Waals surface area contributed by atoms with Crippen molar-refractivity contribution < 1.29 is 18.0 Å². The lowest BCUT2D eigenvalue weighted by Gasteiger charge is -2.43. The number of halogens is 3. The molecule has 0 N–H and O–H groups in total. The van der Waals surface area contributed by atoms with E-state index in [1.165, 1.54) is 10.9 Å². The van der Waals surface area contributed by atoms with E-state index in [0.29, 0.717) is 30.2 Å². The smallest absolute Gasteiger partial charge is 0.344 e. The number of likely N-dealkylation sites (N-methyl/N-ethyl adjacent to an activating group) is 2. The van der Waals surface area contributed by atoms with Crippen LogP contribution in [0.2, 0.25) is 0 Å². The summed E-state index contributed by atoms with van der Waals surface area (Å²) in [5.41, 5.74) is 0.121. The molecule has 8 nitrogen and oxygen atoms in total. The molecule has 4 rings (SSSR count). The first-order valence-corrected chi connectivity index (χ1v) is 10.4. The molecule has 3 aromatic rings. The van der Waals surface area contributed by atoms with Crippen molar-refractivity contribution in [1.82, 2.24) is 24.7 Å². The third kappa shape index (κ3) is 4.27. The van der Waals surface area contributed by atoms with Crippen LogP contribution in [0.1, 0.15) is 36.4 Å². The van der Waals surface area contributed by atoms with Crippen molar-refractivity contribution in [3.05, 3.63) is 59.6 Å². The molecule has 1 aliphatic rings. The Kier molecular flexibility index (Phi) is 5.59. The molecular formula is C22H24F3N7O. The van der Waals surface area contributed by atoms with E-state index in [1.54, 1.807) is 30.5 Å². The van der Waals surface area contributed by atoms with Crippen LogP contribution in [-0.2, 0) is 30.4 Å². The van der Waals surface area contributed by atoms with Crippen molar-refractivity contribution in [2.45, 2.75) is 44.9 Å². The minimum Gasteiger partial charge on any atom is -0.344 e. The van der Waals surface area contributed by atoms with Crippen molar-refractivity contribution in [2.75, 3.05) is 23.9 Å². The van der Waals surface area contributed by atoms with Crippen molar-refractivity contribution in [3.63, 3.8) is 0 Å². The highest BCUT2D eigenvalue weighted by Gasteiger charge is 2.42. The predicted molar refractivity (Wildman–Crippen MR) is 116 cm³/mol. The third-order valence-corrected chi connectivity index (χ3v) is 6.01. The summed E-state index contributed by atoms with van der Waals surface area (Å²) in [5.74, 6) is 1.25. The molecule has 0 atom stereocenters. The average molecular weight is 459 g/mol. The fourth-order valence-corrected chi connectivity index (χ4v) is 3.82. The molecule has 33 heavy (non-hydrogen) atoms. The minimum atomic E-state index is -4.45. The summed E-state index contributed by atoms with van der Waals surface area (Å²) in [6, 6.07) is 0.969. The van der Waals surface area contributed by atoms with Gasteiger partial charge in [0.25, 0.3) is 5.91 Å². The molecule has 0 fully saturated rings. The molecule has 0 aliphatic carbocycles. The largest absolute Gasteiger partial charge is 0.416 e. The molecule has 0 bridgehead atoms. The van der Waals surface area contributed by atoms with Crippen LogP contribution in [0.15, 0.2) is 37.1 Å². The van der Waals surface area contributed by atoms with Gasteiger partial charge in [0.2, 0.25) is 0 Å². The Morgan fingerprint density at radius 3 is 2.58 bits per heavy atom.